The number of anilines is 6. The standard InChI is InChI=1S/2C47H30FN3S/c48-42-13-8-28-49-47(42)51-43-14-6-4-11-38(43)41-29-34(20-27-44(41)51)33-18-23-36(24-19-33)50(35-21-16-32(17-22-35)31-9-2-1-3-10-31)37-25-26-40-39-12-5-7-15-45(39)52-46(40)30-37;48-46-15-8-16-47(49-46)51-42-13-6-4-11-38(42)41-29-34(21-28-43(41)51)33-19-24-36(25-20-33)50(35-22-17-32(18-23-35)31-9-2-1-3-10-31)37-26-27-40-39-12-5-7-14-44(39)52-45(40)30-37/h2*1-30H. The van der Waals surface area contributed by atoms with E-state index in [2.05, 4.69) is 305 Å². The molecule has 20 aromatic rings. The number of hydrogen-bond acceptors (Lipinski definition) is 6. The van der Waals surface area contributed by atoms with Gasteiger partial charge in [0.25, 0.3) is 0 Å². The Morgan fingerprint density at radius 1 is 0.250 bits per heavy atom. The van der Waals surface area contributed by atoms with Crippen LogP contribution in [0.15, 0.2) is 364 Å². The lowest BCUT2D eigenvalue weighted by atomic mass is 10.0. The van der Waals surface area contributed by atoms with Gasteiger partial charge in [-0.15, -0.1) is 22.7 Å². The zero-order valence-electron chi connectivity index (χ0n) is 55.9. The molecule has 10 heteroatoms. The van der Waals surface area contributed by atoms with Gasteiger partial charge in [0.2, 0.25) is 5.95 Å². The summed E-state index contributed by atoms with van der Waals surface area (Å²) in [4.78, 5) is 13.3. The molecule has 0 spiro atoms. The fourth-order valence-corrected chi connectivity index (χ4v) is 17.2. The maximum atomic E-state index is 15.0. The minimum atomic E-state index is -0.495. The molecule has 492 valence electrons. The van der Waals surface area contributed by atoms with E-state index in [9.17, 15) is 4.39 Å². The Labute approximate surface area is 606 Å². The van der Waals surface area contributed by atoms with E-state index in [-0.39, 0.29) is 5.82 Å². The zero-order chi connectivity index (χ0) is 69.2. The monoisotopic (exact) mass is 1370 g/mol. The van der Waals surface area contributed by atoms with Crippen LogP contribution in [0, 0.1) is 11.8 Å². The molecule has 0 aliphatic heterocycles. The first-order chi connectivity index (χ1) is 51.4. The number of fused-ring (bicyclic) bond motifs is 12. The summed E-state index contributed by atoms with van der Waals surface area (Å²) in [5.74, 6) is 0.0196. The number of aromatic nitrogens is 4. The molecule has 0 aliphatic rings. The van der Waals surface area contributed by atoms with E-state index in [0.717, 1.165) is 100.0 Å². The van der Waals surface area contributed by atoms with Crippen molar-refractivity contribution in [3.05, 3.63) is 376 Å². The third-order valence-electron chi connectivity index (χ3n) is 19.8. The minimum absolute atomic E-state index is 0.302. The average Bonchev–Trinajstić information content (AvgIpc) is 1.58. The van der Waals surface area contributed by atoms with Gasteiger partial charge < -0.3 is 9.80 Å². The van der Waals surface area contributed by atoms with E-state index in [4.69, 9.17) is 0 Å². The van der Waals surface area contributed by atoms with Gasteiger partial charge in [0, 0.05) is 102 Å². The van der Waals surface area contributed by atoms with Crippen LogP contribution >= 0.6 is 22.7 Å². The number of pyridine rings is 2. The molecule has 0 radical (unpaired) electrons. The molecular formula is C94H60F2N6S2. The van der Waals surface area contributed by atoms with Gasteiger partial charge in [0.1, 0.15) is 5.82 Å². The number of thiophene rings is 2. The van der Waals surface area contributed by atoms with Crippen LogP contribution in [0.4, 0.5) is 42.9 Å². The quantitative estimate of drug-likeness (QED) is 0.114. The first-order valence-corrected chi connectivity index (χ1v) is 36.3. The maximum absolute atomic E-state index is 15.0. The minimum Gasteiger partial charge on any atom is -0.310 e. The summed E-state index contributed by atoms with van der Waals surface area (Å²) in [6.45, 7) is 0. The van der Waals surface area contributed by atoms with Crippen molar-refractivity contribution in [1.29, 1.82) is 0 Å². The molecule has 0 unspecified atom stereocenters. The number of benzene rings is 14. The van der Waals surface area contributed by atoms with Crippen molar-refractivity contribution < 1.29 is 8.78 Å². The second-order valence-electron chi connectivity index (χ2n) is 25.9. The van der Waals surface area contributed by atoms with Crippen molar-refractivity contribution in [3.63, 3.8) is 0 Å². The van der Waals surface area contributed by atoms with Crippen LogP contribution in [0.5, 0.6) is 0 Å². The summed E-state index contributed by atoms with van der Waals surface area (Å²) in [6.07, 6.45) is 1.64. The Kier molecular flexibility index (Phi) is 15.6. The Morgan fingerprint density at radius 3 is 1.08 bits per heavy atom. The van der Waals surface area contributed by atoms with E-state index in [1.165, 1.54) is 74.7 Å². The lowest BCUT2D eigenvalue weighted by Gasteiger charge is -2.26. The zero-order valence-corrected chi connectivity index (χ0v) is 57.5. The van der Waals surface area contributed by atoms with E-state index < -0.39 is 5.95 Å². The van der Waals surface area contributed by atoms with Crippen molar-refractivity contribution in [2.24, 2.45) is 0 Å². The smallest absolute Gasteiger partial charge is 0.214 e. The molecule has 0 aliphatic carbocycles. The summed E-state index contributed by atoms with van der Waals surface area (Å²) in [7, 11) is 0. The molecule has 0 fully saturated rings. The first kappa shape index (κ1) is 61.9. The summed E-state index contributed by atoms with van der Waals surface area (Å²) >= 11 is 3.67. The number of rotatable bonds is 12. The molecule has 0 bridgehead atoms. The van der Waals surface area contributed by atoms with Crippen molar-refractivity contribution in [2.45, 2.75) is 0 Å². The van der Waals surface area contributed by atoms with Crippen molar-refractivity contribution >= 4 is 141 Å². The molecule has 6 aromatic heterocycles. The van der Waals surface area contributed by atoms with Crippen LogP contribution in [0.25, 0.3) is 140 Å². The number of para-hydroxylation sites is 2. The molecule has 0 N–H and O–H groups in total. The number of nitrogens with zero attached hydrogens (tertiary/aromatic N) is 6. The molecule has 20 rings (SSSR count). The average molecular weight is 1380 g/mol. The predicted octanol–water partition coefficient (Wildman–Crippen LogP) is 27.0. The maximum Gasteiger partial charge on any atom is 0.214 e. The van der Waals surface area contributed by atoms with E-state index >= 15 is 4.39 Å². The Balaban J connectivity index is 0.000000143. The van der Waals surface area contributed by atoms with Crippen LogP contribution in [0.3, 0.4) is 0 Å². The van der Waals surface area contributed by atoms with Gasteiger partial charge in [-0.25, -0.2) is 14.4 Å². The molecule has 0 saturated heterocycles. The second kappa shape index (κ2) is 26.1. The highest BCUT2D eigenvalue weighted by Gasteiger charge is 2.22. The molecule has 6 heterocycles. The molecule has 0 amide bonds. The summed E-state index contributed by atoms with van der Waals surface area (Å²) in [6, 6.07) is 124. The predicted molar refractivity (Wildman–Crippen MR) is 434 cm³/mol. The SMILES string of the molecule is Fc1cccc(-n2c3ccccc3c3cc(-c4ccc(N(c5ccc(-c6ccccc6)cc5)c5ccc6c(c5)sc5ccccc56)cc4)ccc32)n1.Fc1cccnc1-n1c2ccccc2c2cc(-c3ccc(N(c4ccc(-c5ccccc5)cc4)c4ccc5c(c4)sc4ccccc45)cc3)ccc21. The van der Waals surface area contributed by atoms with Gasteiger partial charge in [-0.05, 0) is 190 Å². The van der Waals surface area contributed by atoms with Crippen LogP contribution in [-0.4, -0.2) is 19.1 Å². The largest absolute Gasteiger partial charge is 0.310 e. The summed E-state index contributed by atoms with van der Waals surface area (Å²) in [5, 5.41) is 9.46. The highest BCUT2D eigenvalue weighted by molar-refractivity contribution is 7.26. The third kappa shape index (κ3) is 11.2. The van der Waals surface area contributed by atoms with E-state index in [0.29, 0.717) is 11.6 Å². The van der Waals surface area contributed by atoms with Gasteiger partial charge in [-0.1, -0.05) is 212 Å². The fourth-order valence-electron chi connectivity index (χ4n) is 14.9. The van der Waals surface area contributed by atoms with Gasteiger partial charge in [0.15, 0.2) is 11.6 Å². The highest BCUT2D eigenvalue weighted by Crippen LogP contribution is 2.46. The molecule has 0 atom stereocenters. The lowest BCUT2D eigenvalue weighted by molar-refractivity contribution is 0.581. The Hall–Kier alpha value is -13.1. The summed E-state index contributed by atoms with van der Waals surface area (Å²) in [5.41, 5.74) is 19.5. The van der Waals surface area contributed by atoms with Gasteiger partial charge >= 0.3 is 0 Å². The van der Waals surface area contributed by atoms with E-state index in [1.807, 2.05) is 80.3 Å². The van der Waals surface area contributed by atoms with Crippen LogP contribution in [0.2, 0.25) is 0 Å². The first-order valence-electron chi connectivity index (χ1n) is 34.6. The Morgan fingerprint density at radius 2 is 0.615 bits per heavy atom. The third-order valence-corrected chi connectivity index (χ3v) is 22.1. The van der Waals surface area contributed by atoms with Gasteiger partial charge in [-0.3, -0.25) is 9.13 Å². The molecule has 104 heavy (non-hydrogen) atoms. The fraction of sp³-hybridized carbons (Fsp3) is 0. The van der Waals surface area contributed by atoms with Crippen LogP contribution < -0.4 is 9.80 Å². The van der Waals surface area contributed by atoms with Crippen LogP contribution in [0.1, 0.15) is 0 Å². The molecule has 0 saturated carbocycles. The van der Waals surface area contributed by atoms with Gasteiger partial charge in [-0.2, -0.15) is 4.39 Å². The number of hydrogen-bond donors (Lipinski definition) is 0. The summed E-state index contributed by atoms with van der Waals surface area (Å²) < 4.78 is 38.3. The highest BCUT2D eigenvalue weighted by atomic mass is 32.1. The van der Waals surface area contributed by atoms with Crippen molar-refractivity contribution in [1.82, 2.24) is 19.1 Å². The number of halogens is 2. The Bertz CT molecular complexity index is 6620. The molecule has 6 nitrogen and oxygen atoms in total. The van der Waals surface area contributed by atoms with E-state index in [1.54, 1.807) is 18.3 Å². The van der Waals surface area contributed by atoms with Crippen molar-refractivity contribution in [2.75, 3.05) is 9.80 Å². The molecular weight excluding hydrogens is 1320 g/mol. The normalized spacial score (nSPS) is 11.6. The van der Waals surface area contributed by atoms with Crippen LogP contribution in [-0.2, 0) is 0 Å². The van der Waals surface area contributed by atoms with Crippen molar-refractivity contribution in [3.8, 4) is 56.1 Å². The topological polar surface area (TPSA) is 42.1 Å². The molecule has 14 aromatic carbocycles. The van der Waals surface area contributed by atoms with Gasteiger partial charge in [0.05, 0.1) is 22.1 Å². The second-order valence-corrected chi connectivity index (χ2v) is 28.1. The lowest BCUT2D eigenvalue weighted by Crippen LogP contribution is -2.09.